The zero-order chi connectivity index (χ0) is 12.6. The Bertz CT molecular complexity index is 573. The lowest BCUT2D eigenvalue weighted by molar-refractivity contribution is -0.746. The summed E-state index contributed by atoms with van der Waals surface area (Å²) in [4.78, 5) is 11.0. The second-order valence-corrected chi connectivity index (χ2v) is 4.70. The number of aromatic carboxylic acids is 1. The normalized spacial score (nSPS) is 10.5. The van der Waals surface area contributed by atoms with Crippen LogP contribution in [0.4, 0.5) is 0 Å². The number of benzene rings is 1. The Hall–Kier alpha value is -1.62. The van der Waals surface area contributed by atoms with Crippen LogP contribution in [0.1, 0.15) is 16.2 Å². The van der Waals surface area contributed by atoms with Crippen molar-refractivity contribution in [2.45, 2.75) is 6.92 Å². The number of nitrogens with zero attached hydrogens (tertiary/aromatic N) is 2. The SMILES string of the molecule is Cc1cc(C(=O)O)[n+](C)n1-c1ccc(Br)cc1. The smallest absolute Gasteiger partial charge is 0.403 e. The van der Waals surface area contributed by atoms with Crippen LogP contribution in [-0.2, 0) is 7.05 Å². The van der Waals surface area contributed by atoms with Crippen LogP contribution in [0.5, 0.6) is 0 Å². The van der Waals surface area contributed by atoms with Crippen LogP contribution in [-0.4, -0.2) is 15.8 Å². The highest BCUT2D eigenvalue weighted by atomic mass is 79.9. The monoisotopic (exact) mass is 295 g/mol. The summed E-state index contributed by atoms with van der Waals surface area (Å²) in [5, 5.41) is 9.05. The third kappa shape index (κ3) is 2.10. The van der Waals surface area contributed by atoms with E-state index in [1.165, 1.54) is 0 Å². The maximum Gasteiger partial charge on any atom is 0.403 e. The molecule has 0 aliphatic carbocycles. The van der Waals surface area contributed by atoms with Crippen molar-refractivity contribution in [3.8, 4) is 5.69 Å². The molecule has 5 heteroatoms. The van der Waals surface area contributed by atoms with Gasteiger partial charge in [0.15, 0.2) is 7.05 Å². The molecule has 17 heavy (non-hydrogen) atoms. The van der Waals surface area contributed by atoms with E-state index in [1.54, 1.807) is 17.8 Å². The molecule has 0 bridgehead atoms. The van der Waals surface area contributed by atoms with Gasteiger partial charge in [0, 0.05) is 10.5 Å². The van der Waals surface area contributed by atoms with E-state index in [4.69, 9.17) is 5.11 Å². The molecule has 0 aliphatic heterocycles. The van der Waals surface area contributed by atoms with Gasteiger partial charge in [-0.2, -0.15) is 0 Å². The molecule has 88 valence electrons. The quantitative estimate of drug-likeness (QED) is 0.862. The fraction of sp³-hybridized carbons (Fsp3) is 0.167. The summed E-state index contributed by atoms with van der Waals surface area (Å²) in [5.41, 5.74) is 2.08. The molecule has 0 spiro atoms. The zero-order valence-electron chi connectivity index (χ0n) is 9.51. The van der Waals surface area contributed by atoms with Crippen molar-refractivity contribution < 1.29 is 14.6 Å². The summed E-state index contributed by atoms with van der Waals surface area (Å²) in [6, 6.07) is 9.38. The number of aryl methyl sites for hydroxylation is 1. The standard InChI is InChI=1S/C12H11BrN2O2/c1-8-7-11(12(16)17)14(2)15(8)10-5-3-9(13)4-6-10/h3-7H,1-2H3/p+1. The first-order valence-electron chi connectivity index (χ1n) is 5.08. The summed E-state index contributed by atoms with van der Waals surface area (Å²) in [6.45, 7) is 1.88. The molecule has 0 amide bonds. The Morgan fingerprint density at radius 1 is 1.35 bits per heavy atom. The molecule has 0 radical (unpaired) electrons. The van der Waals surface area contributed by atoms with E-state index in [0.29, 0.717) is 0 Å². The number of hydrogen-bond donors (Lipinski definition) is 1. The van der Waals surface area contributed by atoms with E-state index >= 15 is 0 Å². The zero-order valence-corrected chi connectivity index (χ0v) is 11.1. The predicted octanol–water partition coefficient (Wildman–Crippen LogP) is 2.07. The maximum absolute atomic E-state index is 11.0. The number of carbonyl (C=O) groups is 1. The lowest BCUT2D eigenvalue weighted by Crippen LogP contribution is -2.43. The van der Waals surface area contributed by atoms with E-state index in [9.17, 15) is 4.79 Å². The third-order valence-electron chi connectivity index (χ3n) is 2.62. The number of hydrogen-bond acceptors (Lipinski definition) is 1. The second kappa shape index (κ2) is 4.33. The van der Waals surface area contributed by atoms with Gasteiger partial charge < -0.3 is 5.11 Å². The number of carboxylic acids is 1. The first kappa shape index (κ1) is 11.9. The fourth-order valence-electron chi connectivity index (χ4n) is 1.86. The molecule has 0 saturated heterocycles. The maximum atomic E-state index is 11.0. The number of aromatic nitrogens is 2. The molecule has 0 aliphatic rings. The highest BCUT2D eigenvalue weighted by molar-refractivity contribution is 9.10. The fourth-order valence-corrected chi connectivity index (χ4v) is 2.12. The Morgan fingerprint density at radius 2 is 1.94 bits per heavy atom. The van der Waals surface area contributed by atoms with Crippen LogP contribution >= 0.6 is 15.9 Å². The van der Waals surface area contributed by atoms with Gasteiger partial charge in [0.25, 0.3) is 0 Å². The molecular weight excluding hydrogens is 284 g/mol. The van der Waals surface area contributed by atoms with Crippen LogP contribution in [0.3, 0.4) is 0 Å². The van der Waals surface area contributed by atoms with Crippen molar-refractivity contribution in [1.82, 2.24) is 4.68 Å². The number of halogens is 1. The van der Waals surface area contributed by atoms with E-state index in [-0.39, 0.29) is 5.69 Å². The van der Waals surface area contributed by atoms with Crippen LogP contribution in [0, 0.1) is 6.92 Å². The molecule has 1 N–H and O–H groups in total. The van der Waals surface area contributed by atoms with E-state index in [1.807, 2.05) is 35.9 Å². The van der Waals surface area contributed by atoms with Crippen molar-refractivity contribution in [2.24, 2.45) is 7.05 Å². The second-order valence-electron chi connectivity index (χ2n) is 3.79. The average molecular weight is 296 g/mol. The largest absolute Gasteiger partial charge is 0.473 e. The molecule has 1 aromatic carbocycles. The molecule has 1 aromatic heterocycles. The topological polar surface area (TPSA) is 46.1 Å². The summed E-state index contributed by atoms with van der Waals surface area (Å²) in [5.74, 6) is -0.925. The molecule has 0 unspecified atom stereocenters. The highest BCUT2D eigenvalue weighted by Crippen LogP contribution is 2.15. The molecule has 0 atom stereocenters. The third-order valence-corrected chi connectivity index (χ3v) is 3.15. The van der Waals surface area contributed by atoms with Crippen LogP contribution < -0.4 is 4.68 Å². The van der Waals surface area contributed by atoms with E-state index < -0.39 is 5.97 Å². The number of rotatable bonds is 2. The Balaban J connectivity index is 2.59. The van der Waals surface area contributed by atoms with E-state index in [0.717, 1.165) is 15.9 Å². The molecule has 2 rings (SSSR count). The van der Waals surface area contributed by atoms with Gasteiger partial charge in [0.05, 0.1) is 5.69 Å². The Morgan fingerprint density at radius 3 is 2.41 bits per heavy atom. The average Bonchev–Trinajstić information content (AvgIpc) is 2.56. The molecule has 2 aromatic rings. The molecule has 0 fully saturated rings. The minimum Gasteiger partial charge on any atom is -0.473 e. The van der Waals surface area contributed by atoms with Gasteiger partial charge in [-0.05, 0) is 31.2 Å². The van der Waals surface area contributed by atoms with Gasteiger partial charge >= 0.3 is 11.7 Å². The van der Waals surface area contributed by atoms with Gasteiger partial charge in [-0.25, -0.2) is 4.79 Å². The summed E-state index contributed by atoms with van der Waals surface area (Å²) in [6.07, 6.45) is 0. The summed E-state index contributed by atoms with van der Waals surface area (Å²) in [7, 11) is 1.73. The van der Waals surface area contributed by atoms with Crippen molar-refractivity contribution >= 4 is 21.9 Å². The Kier molecular flexibility index (Phi) is 3.02. The highest BCUT2D eigenvalue weighted by Gasteiger charge is 2.23. The van der Waals surface area contributed by atoms with Crippen molar-refractivity contribution in [3.63, 3.8) is 0 Å². The van der Waals surface area contributed by atoms with Crippen molar-refractivity contribution in [3.05, 3.63) is 46.2 Å². The predicted molar refractivity (Wildman–Crippen MR) is 66.3 cm³/mol. The van der Waals surface area contributed by atoms with Gasteiger partial charge in [0.1, 0.15) is 5.69 Å². The van der Waals surface area contributed by atoms with Crippen LogP contribution in [0.25, 0.3) is 5.69 Å². The first-order chi connectivity index (χ1) is 8.00. The van der Waals surface area contributed by atoms with E-state index in [2.05, 4.69) is 15.9 Å². The minimum atomic E-state index is -0.925. The first-order valence-corrected chi connectivity index (χ1v) is 5.88. The minimum absolute atomic E-state index is 0.269. The lowest BCUT2D eigenvalue weighted by Gasteiger charge is -2.02. The van der Waals surface area contributed by atoms with Gasteiger partial charge in [-0.3, -0.25) is 0 Å². The van der Waals surface area contributed by atoms with Crippen LogP contribution in [0.15, 0.2) is 34.8 Å². The lowest BCUT2D eigenvalue weighted by atomic mass is 10.3. The summed E-state index contributed by atoms with van der Waals surface area (Å²) >= 11 is 3.37. The molecule has 4 nitrogen and oxygen atoms in total. The van der Waals surface area contributed by atoms with Crippen molar-refractivity contribution in [1.29, 1.82) is 0 Å². The van der Waals surface area contributed by atoms with Crippen LogP contribution in [0.2, 0.25) is 0 Å². The molecule has 1 heterocycles. The van der Waals surface area contributed by atoms with Gasteiger partial charge in [-0.1, -0.05) is 20.6 Å². The Labute approximate surface area is 107 Å². The van der Waals surface area contributed by atoms with Gasteiger partial charge in [0.2, 0.25) is 0 Å². The molecular formula is C12H12BrN2O2+. The van der Waals surface area contributed by atoms with Gasteiger partial charge in [-0.15, -0.1) is 4.68 Å². The number of carboxylic acid groups (broad SMARTS) is 1. The summed E-state index contributed by atoms with van der Waals surface area (Å²) < 4.78 is 4.48. The van der Waals surface area contributed by atoms with Crippen molar-refractivity contribution in [2.75, 3.05) is 0 Å². The molecule has 0 saturated carbocycles.